The van der Waals surface area contributed by atoms with Gasteiger partial charge in [0.1, 0.15) is 6.54 Å². The summed E-state index contributed by atoms with van der Waals surface area (Å²) < 4.78 is 0. The fraction of sp³-hybridized carbons (Fsp3) is 0.286. The molecule has 0 saturated carbocycles. The lowest BCUT2D eigenvalue weighted by Crippen LogP contribution is -2.37. The van der Waals surface area contributed by atoms with Gasteiger partial charge in [-0.15, -0.1) is 0 Å². The summed E-state index contributed by atoms with van der Waals surface area (Å²) in [5, 5.41) is 11.8. The Hall–Kier alpha value is -3.35. The van der Waals surface area contributed by atoms with E-state index in [0.29, 0.717) is 30.0 Å². The van der Waals surface area contributed by atoms with Crippen molar-refractivity contribution in [3.05, 3.63) is 60.2 Å². The maximum Gasteiger partial charge on any atom is 0.323 e. The average molecular weight is 383 g/mol. The van der Waals surface area contributed by atoms with Crippen LogP contribution in [0.5, 0.6) is 0 Å². The van der Waals surface area contributed by atoms with Gasteiger partial charge in [0.15, 0.2) is 0 Å². The Kier molecular flexibility index (Phi) is 7.56. The minimum atomic E-state index is -1.02. The van der Waals surface area contributed by atoms with Gasteiger partial charge in [-0.2, -0.15) is 0 Å². The van der Waals surface area contributed by atoms with E-state index in [1.54, 1.807) is 53.4 Å². The summed E-state index contributed by atoms with van der Waals surface area (Å²) in [6, 6.07) is 15.6. The number of anilines is 2. The second-order valence-corrected chi connectivity index (χ2v) is 6.19. The van der Waals surface area contributed by atoms with Gasteiger partial charge in [0, 0.05) is 30.0 Å². The maximum atomic E-state index is 12.4. The number of aliphatic carboxylic acids is 1. The quantitative estimate of drug-likeness (QED) is 0.695. The number of nitrogens with one attached hydrogen (secondary N) is 1. The molecule has 0 unspecified atom stereocenters. The smallest absolute Gasteiger partial charge is 0.323 e. The molecular weight excluding hydrogens is 358 g/mol. The highest BCUT2D eigenvalue weighted by Gasteiger charge is 2.16. The van der Waals surface area contributed by atoms with Gasteiger partial charge in [-0.05, 0) is 50.2 Å². The molecule has 0 aliphatic heterocycles. The number of amides is 2. The molecule has 148 valence electrons. The topological polar surface area (TPSA) is 90.0 Å². The van der Waals surface area contributed by atoms with E-state index < -0.39 is 5.97 Å². The average Bonchev–Trinajstić information content (AvgIpc) is 2.69. The zero-order valence-corrected chi connectivity index (χ0v) is 16.1. The van der Waals surface area contributed by atoms with Crippen molar-refractivity contribution in [3.8, 4) is 0 Å². The normalized spacial score (nSPS) is 10.2. The number of carbonyl (C=O) groups is 3. The van der Waals surface area contributed by atoms with Gasteiger partial charge in [0.2, 0.25) is 5.91 Å². The van der Waals surface area contributed by atoms with Crippen molar-refractivity contribution in [1.29, 1.82) is 0 Å². The largest absolute Gasteiger partial charge is 0.480 e. The van der Waals surface area contributed by atoms with Crippen LogP contribution in [0.4, 0.5) is 11.4 Å². The van der Waals surface area contributed by atoms with Gasteiger partial charge in [-0.3, -0.25) is 14.4 Å². The van der Waals surface area contributed by atoms with Crippen LogP contribution in [0, 0.1) is 0 Å². The van der Waals surface area contributed by atoms with Crippen LogP contribution in [-0.2, 0) is 9.59 Å². The number of hydrogen-bond acceptors (Lipinski definition) is 4. The Morgan fingerprint density at radius 3 is 2.04 bits per heavy atom. The molecule has 0 spiro atoms. The van der Waals surface area contributed by atoms with Crippen molar-refractivity contribution in [3.63, 3.8) is 0 Å². The first kappa shape index (κ1) is 21.0. The van der Waals surface area contributed by atoms with E-state index in [1.165, 1.54) is 4.90 Å². The first-order valence-electron chi connectivity index (χ1n) is 9.15. The molecule has 2 N–H and O–H groups in total. The SMILES string of the molecule is CCN(CC)C(=O)c1ccc(NC(=O)CN(CC(=O)O)c2ccccc2)cc1. The molecule has 0 radical (unpaired) electrons. The van der Waals surface area contributed by atoms with Crippen molar-refractivity contribution in [2.24, 2.45) is 0 Å². The lowest BCUT2D eigenvalue weighted by Gasteiger charge is -2.22. The second kappa shape index (κ2) is 10.1. The zero-order chi connectivity index (χ0) is 20.5. The Morgan fingerprint density at radius 2 is 1.50 bits per heavy atom. The summed E-state index contributed by atoms with van der Waals surface area (Å²) in [6.45, 7) is 4.72. The standard InChI is InChI=1S/C21H25N3O4/c1-3-23(4-2)21(28)16-10-12-17(13-11-16)22-19(25)14-24(15-20(26)27)18-8-6-5-7-9-18/h5-13H,3-4,14-15H2,1-2H3,(H,22,25)(H,26,27). The first-order valence-corrected chi connectivity index (χ1v) is 9.15. The van der Waals surface area contributed by atoms with E-state index in [4.69, 9.17) is 5.11 Å². The molecule has 2 amide bonds. The molecule has 0 aliphatic rings. The number of rotatable bonds is 9. The summed E-state index contributed by atoms with van der Waals surface area (Å²) in [4.78, 5) is 39.0. The van der Waals surface area contributed by atoms with E-state index in [9.17, 15) is 14.4 Å². The third-order valence-electron chi connectivity index (χ3n) is 4.25. The van der Waals surface area contributed by atoms with E-state index in [2.05, 4.69) is 5.32 Å². The van der Waals surface area contributed by atoms with Crippen LogP contribution in [0.3, 0.4) is 0 Å². The number of nitrogens with zero attached hydrogens (tertiary/aromatic N) is 2. The van der Waals surface area contributed by atoms with Crippen LogP contribution in [0.1, 0.15) is 24.2 Å². The molecule has 0 aliphatic carbocycles. The highest BCUT2D eigenvalue weighted by Crippen LogP contribution is 2.15. The third kappa shape index (κ3) is 5.84. The van der Waals surface area contributed by atoms with Gasteiger partial charge in [0.05, 0.1) is 6.54 Å². The molecule has 28 heavy (non-hydrogen) atoms. The minimum Gasteiger partial charge on any atom is -0.480 e. The van der Waals surface area contributed by atoms with Gasteiger partial charge in [-0.25, -0.2) is 0 Å². The van der Waals surface area contributed by atoms with E-state index in [0.717, 1.165) is 0 Å². The molecule has 2 rings (SSSR count). The predicted octanol–water partition coefficient (Wildman–Crippen LogP) is 2.70. The van der Waals surface area contributed by atoms with Crippen molar-refractivity contribution in [2.75, 3.05) is 36.4 Å². The van der Waals surface area contributed by atoms with Crippen LogP contribution in [0.2, 0.25) is 0 Å². The number of carboxylic acid groups (broad SMARTS) is 1. The van der Waals surface area contributed by atoms with Crippen molar-refractivity contribution in [2.45, 2.75) is 13.8 Å². The lowest BCUT2D eigenvalue weighted by molar-refractivity contribution is -0.135. The van der Waals surface area contributed by atoms with Crippen LogP contribution in [0.25, 0.3) is 0 Å². The summed E-state index contributed by atoms with van der Waals surface area (Å²) in [6.07, 6.45) is 0. The molecule has 2 aromatic carbocycles. The van der Waals surface area contributed by atoms with Crippen molar-refractivity contribution in [1.82, 2.24) is 4.90 Å². The Morgan fingerprint density at radius 1 is 0.893 bits per heavy atom. The summed E-state index contributed by atoms with van der Waals surface area (Å²) >= 11 is 0. The van der Waals surface area contributed by atoms with Gasteiger partial charge < -0.3 is 20.2 Å². The van der Waals surface area contributed by atoms with Crippen LogP contribution < -0.4 is 10.2 Å². The van der Waals surface area contributed by atoms with Crippen LogP contribution >= 0.6 is 0 Å². The van der Waals surface area contributed by atoms with Crippen LogP contribution in [0.15, 0.2) is 54.6 Å². The lowest BCUT2D eigenvalue weighted by atomic mass is 10.1. The first-order chi connectivity index (χ1) is 13.4. The molecule has 0 aromatic heterocycles. The van der Waals surface area contributed by atoms with E-state index in [1.807, 2.05) is 19.9 Å². The molecule has 0 saturated heterocycles. The predicted molar refractivity (Wildman–Crippen MR) is 109 cm³/mol. The maximum absolute atomic E-state index is 12.4. The number of carboxylic acids is 1. The molecule has 2 aromatic rings. The molecule has 0 fully saturated rings. The van der Waals surface area contributed by atoms with Crippen molar-refractivity contribution >= 4 is 29.2 Å². The molecule has 0 heterocycles. The number of para-hydroxylation sites is 1. The summed E-state index contributed by atoms with van der Waals surface area (Å²) in [7, 11) is 0. The fourth-order valence-corrected chi connectivity index (χ4v) is 2.80. The molecule has 7 nitrogen and oxygen atoms in total. The Labute approximate surface area is 164 Å². The van der Waals surface area contributed by atoms with Gasteiger partial charge in [0.25, 0.3) is 5.91 Å². The summed E-state index contributed by atoms with van der Waals surface area (Å²) in [5.74, 6) is -1.41. The van der Waals surface area contributed by atoms with Gasteiger partial charge >= 0.3 is 5.97 Å². The third-order valence-corrected chi connectivity index (χ3v) is 4.25. The summed E-state index contributed by atoms with van der Waals surface area (Å²) in [5.41, 5.74) is 1.75. The van der Waals surface area contributed by atoms with Crippen LogP contribution in [-0.4, -0.2) is 54.0 Å². The highest BCUT2D eigenvalue weighted by atomic mass is 16.4. The number of benzene rings is 2. The Balaban J connectivity index is 2.03. The number of hydrogen-bond donors (Lipinski definition) is 2. The van der Waals surface area contributed by atoms with Gasteiger partial charge in [-0.1, -0.05) is 18.2 Å². The van der Waals surface area contributed by atoms with E-state index >= 15 is 0 Å². The second-order valence-electron chi connectivity index (χ2n) is 6.19. The highest BCUT2D eigenvalue weighted by molar-refractivity contribution is 5.97. The molecule has 0 atom stereocenters. The van der Waals surface area contributed by atoms with Crippen molar-refractivity contribution < 1.29 is 19.5 Å². The van der Waals surface area contributed by atoms with E-state index in [-0.39, 0.29) is 24.9 Å². The zero-order valence-electron chi connectivity index (χ0n) is 16.1. The molecule has 7 heteroatoms. The fourth-order valence-electron chi connectivity index (χ4n) is 2.80. The molecular formula is C21H25N3O4. The number of carbonyl (C=O) groups excluding carboxylic acids is 2. The Bertz CT molecular complexity index is 802. The molecule has 0 bridgehead atoms. The monoisotopic (exact) mass is 383 g/mol. The minimum absolute atomic E-state index is 0.0559.